The average Bonchev–Trinajstić information content (AvgIpc) is 3.14. The third kappa shape index (κ3) is 4.22. The Morgan fingerprint density at radius 3 is 2.77 bits per heavy atom. The van der Waals surface area contributed by atoms with Gasteiger partial charge >= 0.3 is 0 Å². The molecule has 26 heavy (non-hydrogen) atoms. The molecule has 144 valence electrons. The number of aryl methyl sites for hydroxylation is 1. The zero-order chi connectivity index (χ0) is 18.7. The van der Waals surface area contributed by atoms with Crippen molar-refractivity contribution in [2.24, 2.45) is 0 Å². The number of halogens is 1. The van der Waals surface area contributed by atoms with Crippen molar-refractivity contribution in [2.75, 3.05) is 38.2 Å². The lowest BCUT2D eigenvalue weighted by Gasteiger charge is -2.36. The second-order valence-electron chi connectivity index (χ2n) is 6.69. The van der Waals surface area contributed by atoms with Crippen molar-refractivity contribution in [3.8, 4) is 0 Å². The van der Waals surface area contributed by atoms with Gasteiger partial charge in [-0.3, -0.25) is 4.79 Å². The minimum Gasteiger partial charge on any atom is -0.378 e. The van der Waals surface area contributed by atoms with Crippen LogP contribution in [0.2, 0.25) is 0 Å². The van der Waals surface area contributed by atoms with E-state index in [4.69, 9.17) is 4.74 Å². The Labute approximate surface area is 153 Å². The molecule has 1 atom stereocenters. The van der Waals surface area contributed by atoms with Crippen molar-refractivity contribution in [2.45, 2.75) is 32.2 Å². The maximum Gasteiger partial charge on any atom is 0.282 e. The molecule has 0 spiro atoms. The maximum absolute atomic E-state index is 13.8. The van der Waals surface area contributed by atoms with Crippen LogP contribution in [-0.4, -0.2) is 61.8 Å². The highest BCUT2D eigenvalue weighted by Gasteiger charge is 2.38. The van der Waals surface area contributed by atoms with E-state index in [-0.39, 0.29) is 25.3 Å². The van der Waals surface area contributed by atoms with Crippen LogP contribution in [-0.2, 0) is 19.7 Å². The van der Waals surface area contributed by atoms with Crippen LogP contribution in [0.1, 0.15) is 24.8 Å². The van der Waals surface area contributed by atoms with E-state index in [1.54, 1.807) is 19.1 Å². The molecule has 2 aliphatic rings. The Bertz CT molecular complexity index is 765. The van der Waals surface area contributed by atoms with Gasteiger partial charge in [-0.1, -0.05) is 6.07 Å². The van der Waals surface area contributed by atoms with Gasteiger partial charge in [-0.25, -0.2) is 4.39 Å². The number of morpholine rings is 1. The Kier molecular flexibility index (Phi) is 5.91. The minimum atomic E-state index is -3.61. The third-order valence-corrected chi connectivity index (χ3v) is 6.77. The summed E-state index contributed by atoms with van der Waals surface area (Å²) in [7, 11) is -3.61. The van der Waals surface area contributed by atoms with E-state index in [9.17, 15) is 17.6 Å². The molecule has 0 radical (unpaired) electrons. The highest BCUT2D eigenvalue weighted by atomic mass is 32.2. The maximum atomic E-state index is 13.8. The van der Waals surface area contributed by atoms with Crippen molar-refractivity contribution in [1.29, 1.82) is 0 Å². The Morgan fingerprint density at radius 2 is 2.04 bits per heavy atom. The van der Waals surface area contributed by atoms with Gasteiger partial charge in [0, 0.05) is 26.1 Å². The topological polar surface area (TPSA) is 79.0 Å². The van der Waals surface area contributed by atoms with Gasteiger partial charge in [-0.2, -0.15) is 17.0 Å². The lowest BCUT2D eigenvalue weighted by atomic mass is 10.1. The van der Waals surface area contributed by atoms with Crippen molar-refractivity contribution < 1.29 is 22.3 Å². The van der Waals surface area contributed by atoms with E-state index < -0.39 is 28.0 Å². The predicted molar refractivity (Wildman–Crippen MR) is 95.4 cm³/mol. The summed E-state index contributed by atoms with van der Waals surface area (Å²) < 4.78 is 47.7. The molecule has 0 aromatic heterocycles. The fourth-order valence-corrected chi connectivity index (χ4v) is 5.16. The summed E-state index contributed by atoms with van der Waals surface area (Å²) in [5, 5.41) is 2.54. The van der Waals surface area contributed by atoms with Gasteiger partial charge in [0.2, 0.25) is 5.91 Å². The van der Waals surface area contributed by atoms with Crippen molar-refractivity contribution in [3.63, 3.8) is 0 Å². The number of hydrogen-bond acceptors (Lipinski definition) is 4. The normalized spacial score (nSPS) is 22.5. The molecule has 7 nitrogen and oxygen atoms in total. The van der Waals surface area contributed by atoms with Crippen molar-refractivity contribution in [3.05, 3.63) is 29.6 Å². The molecule has 0 bridgehead atoms. The molecule has 2 saturated heterocycles. The number of carbonyl (C=O) groups excluding carboxylic acids is 1. The third-order valence-electron chi connectivity index (χ3n) is 4.68. The zero-order valence-corrected chi connectivity index (χ0v) is 15.6. The molecule has 1 amide bonds. The number of anilines is 1. The zero-order valence-electron chi connectivity index (χ0n) is 14.8. The number of amides is 1. The molecular formula is C17H24FN3O4S. The van der Waals surface area contributed by atoms with Crippen LogP contribution < -0.4 is 5.32 Å². The van der Waals surface area contributed by atoms with E-state index in [0.29, 0.717) is 19.7 Å². The van der Waals surface area contributed by atoms with Gasteiger partial charge in [0.05, 0.1) is 24.9 Å². The van der Waals surface area contributed by atoms with E-state index in [1.807, 2.05) is 0 Å². The smallest absolute Gasteiger partial charge is 0.282 e. The van der Waals surface area contributed by atoms with Gasteiger partial charge in [0.15, 0.2) is 0 Å². The summed E-state index contributed by atoms with van der Waals surface area (Å²) in [5.41, 5.74) is 0.918. The van der Waals surface area contributed by atoms with Crippen LogP contribution in [0.15, 0.2) is 18.2 Å². The van der Waals surface area contributed by atoms with Crippen molar-refractivity contribution >= 4 is 21.8 Å². The number of benzene rings is 1. The molecule has 1 aromatic carbocycles. The summed E-state index contributed by atoms with van der Waals surface area (Å²) in [6.45, 7) is 3.48. The second-order valence-corrected chi connectivity index (χ2v) is 8.57. The van der Waals surface area contributed by atoms with Gasteiger partial charge in [-0.05, 0) is 37.5 Å². The molecule has 0 saturated carbocycles. The number of rotatable bonds is 5. The van der Waals surface area contributed by atoms with Crippen LogP contribution in [0, 0.1) is 12.7 Å². The van der Waals surface area contributed by atoms with E-state index in [1.165, 1.54) is 14.7 Å². The summed E-state index contributed by atoms with van der Waals surface area (Å²) >= 11 is 0. The SMILES string of the molecule is Cc1ccc(F)c(NC(=O)C[C@H]2COCCN2S(=O)(=O)N2CCCC2)c1. The Balaban J connectivity index is 1.70. The van der Waals surface area contributed by atoms with Crippen LogP contribution in [0.4, 0.5) is 10.1 Å². The molecular weight excluding hydrogens is 361 g/mol. The molecule has 2 aliphatic heterocycles. The molecule has 1 N–H and O–H groups in total. The van der Waals surface area contributed by atoms with E-state index >= 15 is 0 Å². The first kappa shape index (κ1) is 19.2. The predicted octanol–water partition coefficient (Wildman–Crippen LogP) is 1.50. The molecule has 0 aliphatic carbocycles. The minimum absolute atomic E-state index is 0.0829. The largest absolute Gasteiger partial charge is 0.378 e. The first-order valence-electron chi connectivity index (χ1n) is 8.78. The fourth-order valence-electron chi connectivity index (χ4n) is 3.32. The summed E-state index contributed by atoms with van der Waals surface area (Å²) in [4.78, 5) is 12.4. The van der Waals surface area contributed by atoms with Crippen molar-refractivity contribution in [1.82, 2.24) is 8.61 Å². The number of nitrogens with zero attached hydrogens (tertiary/aromatic N) is 2. The average molecular weight is 385 g/mol. The highest BCUT2D eigenvalue weighted by Crippen LogP contribution is 2.23. The lowest BCUT2D eigenvalue weighted by molar-refractivity contribution is -0.118. The molecule has 9 heteroatoms. The molecule has 2 fully saturated rings. The van der Waals surface area contributed by atoms with Gasteiger partial charge < -0.3 is 10.1 Å². The van der Waals surface area contributed by atoms with Gasteiger partial charge in [-0.15, -0.1) is 0 Å². The van der Waals surface area contributed by atoms with Gasteiger partial charge in [0.25, 0.3) is 10.2 Å². The van der Waals surface area contributed by atoms with Crippen LogP contribution in [0.3, 0.4) is 0 Å². The molecule has 2 heterocycles. The van der Waals surface area contributed by atoms with Crippen LogP contribution in [0.5, 0.6) is 0 Å². The number of hydrogen-bond donors (Lipinski definition) is 1. The monoisotopic (exact) mass is 385 g/mol. The Morgan fingerprint density at radius 1 is 1.31 bits per heavy atom. The number of nitrogens with one attached hydrogen (secondary N) is 1. The first-order valence-corrected chi connectivity index (χ1v) is 10.2. The highest BCUT2D eigenvalue weighted by molar-refractivity contribution is 7.86. The fraction of sp³-hybridized carbons (Fsp3) is 0.588. The quantitative estimate of drug-likeness (QED) is 0.833. The first-order chi connectivity index (χ1) is 12.4. The summed E-state index contributed by atoms with van der Waals surface area (Å²) in [5.74, 6) is -0.961. The van der Waals surface area contributed by atoms with Crippen LogP contribution in [0.25, 0.3) is 0 Å². The molecule has 0 unspecified atom stereocenters. The number of ether oxygens (including phenoxy) is 1. The summed E-state index contributed by atoms with van der Waals surface area (Å²) in [6.07, 6.45) is 1.61. The van der Waals surface area contributed by atoms with Gasteiger partial charge in [0.1, 0.15) is 5.82 Å². The number of carbonyl (C=O) groups is 1. The lowest BCUT2D eigenvalue weighted by Crippen LogP contribution is -2.54. The molecule has 1 aromatic rings. The van der Waals surface area contributed by atoms with E-state index in [2.05, 4.69) is 5.32 Å². The molecule has 3 rings (SSSR count). The van der Waals surface area contributed by atoms with E-state index in [0.717, 1.165) is 18.4 Å². The Hall–Kier alpha value is -1.55. The second kappa shape index (κ2) is 7.99. The van der Waals surface area contributed by atoms with Crippen LogP contribution >= 0.6 is 0 Å². The summed E-state index contributed by atoms with van der Waals surface area (Å²) in [6, 6.07) is 3.86. The standard InChI is InChI=1S/C17H24FN3O4S/c1-13-4-5-15(18)16(10-13)19-17(22)11-14-12-25-9-8-21(14)26(23,24)20-6-2-3-7-20/h4-5,10,14H,2-3,6-9,11-12H2,1H3,(H,19,22)/t14-/m0/s1.